The van der Waals surface area contributed by atoms with Gasteiger partial charge in [-0.2, -0.15) is 5.10 Å². The first kappa shape index (κ1) is 21.9. The van der Waals surface area contributed by atoms with Crippen molar-refractivity contribution in [2.24, 2.45) is 0 Å². The maximum atomic E-state index is 13.5. The molecule has 174 valence electrons. The van der Waals surface area contributed by atoms with Crippen LogP contribution in [0.2, 0.25) is 0 Å². The minimum Gasteiger partial charge on any atom is -0.378 e. The lowest BCUT2D eigenvalue weighted by atomic mass is 10.0. The molecule has 1 aromatic carbocycles. The number of imidazole rings is 1. The van der Waals surface area contributed by atoms with Gasteiger partial charge in [0.25, 0.3) is 12.3 Å². The third-order valence-corrected chi connectivity index (χ3v) is 5.68. The van der Waals surface area contributed by atoms with Crippen LogP contribution >= 0.6 is 0 Å². The molecule has 8 nitrogen and oxygen atoms in total. The highest BCUT2D eigenvalue weighted by atomic mass is 19.3. The van der Waals surface area contributed by atoms with Crippen molar-refractivity contribution in [3.63, 3.8) is 0 Å². The third kappa shape index (κ3) is 4.19. The molecule has 1 fully saturated rings. The zero-order valence-corrected chi connectivity index (χ0v) is 18.4. The van der Waals surface area contributed by atoms with Crippen molar-refractivity contribution < 1.29 is 18.3 Å². The van der Waals surface area contributed by atoms with Crippen molar-refractivity contribution in [2.45, 2.75) is 13.3 Å². The Hall–Kier alpha value is -3.92. The van der Waals surface area contributed by atoms with Gasteiger partial charge in [0.2, 0.25) is 0 Å². The van der Waals surface area contributed by atoms with Crippen molar-refractivity contribution in [1.29, 1.82) is 0 Å². The van der Waals surface area contributed by atoms with E-state index in [0.717, 1.165) is 18.9 Å². The van der Waals surface area contributed by atoms with E-state index in [1.165, 1.54) is 10.6 Å². The number of pyridine rings is 1. The van der Waals surface area contributed by atoms with E-state index in [-0.39, 0.29) is 11.3 Å². The maximum absolute atomic E-state index is 13.5. The second-order valence-electron chi connectivity index (χ2n) is 7.88. The van der Waals surface area contributed by atoms with Crippen LogP contribution in [0.4, 0.5) is 20.3 Å². The van der Waals surface area contributed by atoms with Crippen molar-refractivity contribution in [1.82, 2.24) is 19.6 Å². The maximum Gasteiger partial charge on any atom is 0.276 e. The number of hydrogen-bond donors (Lipinski definition) is 1. The third-order valence-electron chi connectivity index (χ3n) is 5.68. The number of carbonyl (C=O) groups excluding carboxylic acids is 1. The largest absolute Gasteiger partial charge is 0.378 e. The summed E-state index contributed by atoms with van der Waals surface area (Å²) in [4.78, 5) is 24.1. The second kappa shape index (κ2) is 9.14. The number of fused-ring (bicyclic) bond motifs is 1. The van der Waals surface area contributed by atoms with Gasteiger partial charge in [-0.1, -0.05) is 24.3 Å². The number of nitrogens with one attached hydrogen (secondary N) is 1. The van der Waals surface area contributed by atoms with E-state index in [1.54, 1.807) is 55.6 Å². The highest BCUT2D eigenvalue weighted by molar-refractivity contribution is 6.04. The van der Waals surface area contributed by atoms with E-state index in [2.05, 4.69) is 25.3 Å². The Morgan fingerprint density at radius 1 is 1.12 bits per heavy atom. The average molecular weight is 464 g/mol. The lowest BCUT2D eigenvalue weighted by molar-refractivity contribution is 0.101. The van der Waals surface area contributed by atoms with Crippen LogP contribution < -0.4 is 10.2 Å². The van der Waals surface area contributed by atoms with Crippen molar-refractivity contribution in [3.05, 3.63) is 71.7 Å². The average Bonchev–Trinajstić information content (AvgIpc) is 3.19. The van der Waals surface area contributed by atoms with Gasteiger partial charge in [-0.25, -0.2) is 23.3 Å². The van der Waals surface area contributed by atoms with Gasteiger partial charge in [-0.15, -0.1) is 0 Å². The van der Waals surface area contributed by atoms with Gasteiger partial charge >= 0.3 is 0 Å². The predicted molar refractivity (Wildman–Crippen MR) is 123 cm³/mol. The molecule has 0 spiro atoms. The summed E-state index contributed by atoms with van der Waals surface area (Å²) in [6.07, 6.45) is -1.01. The first-order valence-electron chi connectivity index (χ1n) is 10.8. The predicted octanol–water partition coefficient (Wildman–Crippen LogP) is 4.13. The fourth-order valence-electron chi connectivity index (χ4n) is 4.02. The van der Waals surface area contributed by atoms with E-state index in [9.17, 15) is 13.6 Å². The Kier molecular flexibility index (Phi) is 5.89. The Morgan fingerprint density at radius 3 is 2.71 bits per heavy atom. The monoisotopic (exact) mass is 464 g/mol. The summed E-state index contributed by atoms with van der Waals surface area (Å²) in [7, 11) is 0. The number of ether oxygens (including phenoxy) is 1. The number of halogens is 2. The van der Waals surface area contributed by atoms with Gasteiger partial charge in [0.05, 0.1) is 24.6 Å². The van der Waals surface area contributed by atoms with Crippen molar-refractivity contribution in [3.8, 4) is 11.3 Å². The lowest BCUT2D eigenvalue weighted by Gasteiger charge is -2.28. The molecule has 0 atom stereocenters. The molecule has 34 heavy (non-hydrogen) atoms. The molecule has 1 N–H and O–H groups in total. The minimum absolute atomic E-state index is 0.121. The molecule has 0 radical (unpaired) electrons. The van der Waals surface area contributed by atoms with Crippen LogP contribution in [0, 0.1) is 6.92 Å². The van der Waals surface area contributed by atoms with E-state index >= 15 is 0 Å². The molecule has 4 heterocycles. The molecule has 0 saturated carbocycles. The number of aromatic nitrogens is 4. The summed E-state index contributed by atoms with van der Waals surface area (Å²) < 4.78 is 33.8. The van der Waals surface area contributed by atoms with Gasteiger partial charge in [-0.05, 0) is 25.1 Å². The molecular formula is C24H22F2N6O2. The van der Waals surface area contributed by atoms with Crippen LogP contribution in [0.25, 0.3) is 16.9 Å². The van der Waals surface area contributed by atoms with E-state index in [4.69, 9.17) is 4.74 Å². The van der Waals surface area contributed by atoms with Gasteiger partial charge in [0.1, 0.15) is 5.82 Å². The molecular weight excluding hydrogens is 442 g/mol. The first-order chi connectivity index (χ1) is 16.5. The second-order valence-corrected chi connectivity index (χ2v) is 7.88. The van der Waals surface area contributed by atoms with Crippen molar-refractivity contribution >= 4 is 23.1 Å². The van der Waals surface area contributed by atoms with Gasteiger partial charge in [0, 0.05) is 42.2 Å². The molecule has 1 aliphatic heterocycles. The fraction of sp³-hybridized carbons (Fsp3) is 0.250. The topological polar surface area (TPSA) is 84.7 Å². The van der Waals surface area contributed by atoms with Crippen LogP contribution in [0.1, 0.15) is 28.2 Å². The number of anilines is 2. The van der Waals surface area contributed by atoms with Gasteiger partial charge in [0.15, 0.2) is 11.3 Å². The first-order valence-corrected chi connectivity index (χ1v) is 10.8. The van der Waals surface area contributed by atoms with Crippen molar-refractivity contribution in [2.75, 3.05) is 36.5 Å². The fourth-order valence-corrected chi connectivity index (χ4v) is 4.02. The van der Waals surface area contributed by atoms with Crippen LogP contribution in [0.3, 0.4) is 0 Å². The Bertz CT molecular complexity index is 1350. The number of aryl methyl sites for hydroxylation is 1. The van der Waals surface area contributed by atoms with Crippen LogP contribution in [0.15, 0.2) is 54.7 Å². The van der Waals surface area contributed by atoms with Crippen LogP contribution in [-0.2, 0) is 4.74 Å². The summed E-state index contributed by atoms with van der Waals surface area (Å²) in [5.41, 5.74) is 2.25. The Labute approximate surface area is 194 Å². The SMILES string of the molecule is Cc1nc2ccc(-c3ccccc3C(F)F)nn2c1C(=O)Nc1ccnc(N2CCOCC2)c1. The normalized spacial score (nSPS) is 14.1. The Morgan fingerprint density at radius 2 is 1.91 bits per heavy atom. The van der Waals surface area contributed by atoms with E-state index < -0.39 is 12.3 Å². The highest BCUT2D eigenvalue weighted by Crippen LogP contribution is 2.30. The summed E-state index contributed by atoms with van der Waals surface area (Å²) >= 11 is 0. The molecule has 0 unspecified atom stereocenters. The quantitative estimate of drug-likeness (QED) is 0.478. The summed E-state index contributed by atoms with van der Waals surface area (Å²) in [5, 5.41) is 7.38. The number of hydrogen-bond acceptors (Lipinski definition) is 6. The molecule has 0 bridgehead atoms. The molecule has 5 rings (SSSR count). The van der Waals surface area contributed by atoms with E-state index in [1.807, 2.05) is 0 Å². The van der Waals surface area contributed by atoms with Crippen LogP contribution in [-0.4, -0.2) is 51.8 Å². The van der Waals surface area contributed by atoms with Gasteiger partial charge < -0.3 is 15.0 Å². The van der Waals surface area contributed by atoms with Gasteiger partial charge in [-0.3, -0.25) is 4.79 Å². The number of morpholine rings is 1. The summed E-state index contributed by atoms with van der Waals surface area (Å²) in [6.45, 7) is 4.42. The number of alkyl halides is 2. The highest BCUT2D eigenvalue weighted by Gasteiger charge is 2.21. The zero-order chi connectivity index (χ0) is 23.7. The molecule has 4 aromatic rings. The lowest BCUT2D eigenvalue weighted by Crippen LogP contribution is -2.36. The number of benzene rings is 1. The molecule has 1 saturated heterocycles. The Balaban J connectivity index is 1.48. The summed E-state index contributed by atoms with van der Waals surface area (Å²) in [6, 6.07) is 13.0. The number of nitrogens with zero attached hydrogens (tertiary/aromatic N) is 5. The van der Waals surface area contributed by atoms with E-state index in [0.29, 0.717) is 41.5 Å². The number of carbonyl (C=O) groups is 1. The number of rotatable bonds is 5. The molecule has 10 heteroatoms. The molecule has 0 aliphatic carbocycles. The smallest absolute Gasteiger partial charge is 0.276 e. The minimum atomic E-state index is -2.65. The molecule has 1 aliphatic rings. The molecule has 3 aromatic heterocycles. The molecule has 1 amide bonds. The van der Waals surface area contributed by atoms with Crippen LogP contribution in [0.5, 0.6) is 0 Å². The number of amides is 1. The zero-order valence-electron chi connectivity index (χ0n) is 18.4. The summed E-state index contributed by atoms with van der Waals surface area (Å²) in [5.74, 6) is 0.343. The standard InChI is InChI=1S/C24H22F2N6O2/c1-15-22(24(33)29-16-8-9-27-21(14-16)31-10-12-34-13-11-31)32-20(28-15)7-6-19(30-32)17-4-2-3-5-18(17)23(25)26/h2-9,14,23H,10-13H2,1H3,(H,27,29,33).